The second-order valence-corrected chi connectivity index (χ2v) is 2.76. The fourth-order valence-corrected chi connectivity index (χ4v) is 1.15. The third kappa shape index (κ3) is 2.56. The highest BCUT2D eigenvalue weighted by atomic mass is 32.1. The molecule has 0 spiro atoms. The zero-order valence-corrected chi connectivity index (χ0v) is 7.22. The average molecular weight is 168 g/mol. The van der Waals surface area contributed by atoms with E-state index in [4.69, 9.17) is 5.11 Å². The fraction of sp³-hybridized carbons (Fsp3) is 0.333. The van der Waals surface area contributed by atoms with Gasteiger partial charge in [-0.25, -0.2) is 0 Å². The number of rotatable bonds is 3. The first-order chi connectivity index (χ1) is 5.36. The minimum absolute atomic E-state index is 0.222. The molecule has 0 atom stereocenters. The minimum Gasteiger partial charge on any atom is -0.396 e. The fourth-order valence-electron chi connectivity index (χ4n) is 0.940. The number of hydrogen-bond donors (Lipinski definition) is 2. The van der Waals surface area contributed by atoms with Crippen LogP contribution in [-0.4, -0.2) is 11.7 Å². The smallest absolute Gasteiger partial charge is 0.0471 e. The second kappa shape index (κ2) is 4.42. The normalized spacial score (nSPS) is 10.0. The zero-order valence-electron chi connectivity index (χ0n) is 6.33. The highest BCUT2D eigenvalue weighted by Crippen LogP contribution is 2.06. The van der Waals surface area contributed by atoms with Gasteiger partial charge in [-0.05, 0) is 17.5 Å². The van der Waals surface area contributed by atoms with E-state index in [-0.39, 0.29) is 6.61 Å². The van der Waals surface area contributed by atoms with Crippen molar-refractivity contribution in [2.75, 3.05) is 6.61 Å². The van der Waals surface area contributed by atoms with Crippen LogP contribution in [0.25, 0.3) is 0 Å². The molecule has 0 amide bonds. The van der Waals surface area contributed by atoms with Crippen molar-refractivity contribution in [3.63, 3.8) is 0 Å². The lowest BCUT2D eigenvalue weighted by Gasteiger charge is -1.98. The van der Waals surface area contributed by atoms with Gasteiger partial charge < -0.3 is 5.11 Å². The maximum atomic E-state index is 8.63. The molecule has 0 saturated heterocycles. The van der Waals surface area contributed by atoms with Gasteiger partial charge >= 0.3 is 0 Å². The lowest BCUT2D eigenvalue weighted by atomic mass is 10.1. The van der Waals surface area contributed by atoms with E-state index >= 15 is 0 Å². The average Bonchev–Trinajstić information content (AvgIpc) is 2.07. The monoisotopic (exact) mass is 168 g/mol. The summed E-state index contributed by atoms with van der Waals surface area (Å²) in [5.41, 5.74) is 2.40. The third-order valence-electron chi connectivity index (χ3n) is 1.61. The Morgan fingerprint density at radius 1 is 1.09 bits per heavy atom. The molecule has 11 heavy (non-hydrogen) atoms. The van der Waals surface area contributed by atoms with E-state index in [0.29, 0.717) is 0 Å². The van der Waals surface area contributed by atoms with Crippen LogP contribution in [0.15, 0.2) is 24.3 Å². The topological polar surface area (TPSA) is 20.2 Å². The molecule has 0 aliphatic carbocycles. The first-order valence-corrected chi connectivity index (χ1v) is 4.29. The van der Waals surface area contributed by atoms with Crippen molar-refractivity contribution in [1.82, 2.24) is 0 Å². The van der Waals surface area contributed by atoms with Gasteiger partial charge in [0.05, 0.1) is 0 Å². The predicted octanol–water partition coefficient (Wildman–Crippen LogP) is 1.65. The molecule has 0 heterocycles. The van der Waals surface area contributed by atoms with Gasteiger partial charge in [-0.3, -0.25) is 0 Å². The summed E-state index contributed by atoms with van der Waals surface area (Å²) < 4.78 is 0. The van der Waals surface area contributed by atoms with E-state index in [1.54, 1.807) is 0 Å². The molecule has 0 radical (unpaired) electrons. The van der Waals surface area contributed by atoms with Gasteiger partial charge in [0, 0.05) is 12.4 Å². The van der Waals surface area contributed by atoms with Crippen molar-refractivity contribution >= 4 is 12.6 Å². The molecule has 1 N–H and O–H groups in total. The molecular weight excluding hydrogens is 156 g/mol. The number of thiol groups is 1. The molecule has 1 aromatic carbocycles. The molecule has 0 aromatic heterocycles. The summed E-state index contributed by atoms with van der Waals surface area (Å²) >= 11 is 4.15. The van der Waals surface area contributed by atoms with Crippen LogP contribution < -0.4 is 0 Å². The molecule has 60 valence electrons. The Balaban J connectivity index is 2.66. The van der Waals surface area contributed by atoms with Crippen LogP contribution in [0.3, 0.4) is 0 Å². The van der Waals surface area contributed by atoms with Crippen molar-refractivity contribution in [3.8, 4) is 0 Å². The van der Waals surface area contributed by atoms with Gasteiger partial charge in [-0.15, -0.1) is 0 Å². The van der Waals surface area contributed by atoms with Gasteiger partial charge in [0.2, 0.25) is 0 Å². The Labute approximate surface area is 72.5 Å². The van der Waals surface area contributed by atoms with Crippen LogP contribution in [0, 0.1) is 0 Å². The molecule has 2 heteroatoms. The van der Waals surface area contributed by atoms with E-state index in [2.05, 4.69) is 12.6 Å². The molecule has 0 fully saturated rings. The van der Waals surface area contributed by atoms with Crippen LogP contribution in [-0.2, 0) is 12.2 Å². The number of aliphatic hydroxyl groups excluding tert-OH is 1. The first kappa shape index (κ1) is 8.62. The van der Waals surface area contributed by atoms with Crippen LogP contribution in [0.1, 0.15) is 11.1 Å². The summed E-state index contributed by atoms with van der Waals surface area (Å²) in [7, 11) is 0. The lowest BCUT2D eigenvalue weighted by Crippen LogP contribution is -1.90. The highest BCUT2D eigenvalue weighted by Gasteiger charge is 1.91. The quantitative estimate of drug-likeness (QED) is 0.658. The Morgan fingerprint density at radius 3 is 2.09 bits per heavy atom. The molecule has 0 saturated carbocycles. The summed E-state index contributed by atoms with van der Waals surface area (Å²) in [5.74, 6) is 0.777. The van der Waals surface area contributed by atoms with Crippen molar-refractivity contribution in [2.45, 2.75) is 12.2 Å². The van der Waals surface area contributed by atoms with E-state index < -0.39 is 0 Å². The Bertz CT molecular complexity index is 205. The maximum absolute atomic E-state index is 8.63. The standard InChI is InChI=1S/C9H12OS/c10-6-5-8-1-3-9(7-11)4-2-8/h1-4,10-11H,5-7H2. The van der Waals surface area contributed by atoms with Crippen molar-refractivity contribution < 1.29 is 5.11 Å². The molecule has 1 aromatic rings. The Morgan fingerprint density at radius 2 is 1.64 bits per heavy atom. The molecular formula is C9H12OS. The van der Waals surface area contributed by atoms with Crippen LogP contribution >= 0.6 is 12.6 Å². The largest absolute Gasteiger partial charge is 0.396 e. The van der Waals surface area contributed by atoms with E-state index in [0.717, 1.165) is 12.2 Å². The molecule has 1 nitrogen and oxygen atoms in total. The summed E-state index contributed by atoms with van der Waals surface area (Å²) in [4.78, 5) is 0. The van der Waals surface area contributed by atoms with Gasteiger partial charge in [0.25, 0.3) is 0 Å². The number of benzene rings is 1. The van der Waals surface area contributed by atoms with E-state index in [1.807, 2.05) is 24.3 Å². The van der Waals surface area contributed by atoms with Gasteiger partial charge in [-0.2, -0.15) is 12.6 Å². The Hall–Kier alpha value is -0.470. The van der Waals surface area contributed by atoms with Crippen molar-refractivity contribution in [3.05, 3.63) is 35.4 Å². The van der Waals surface area contributed by atoms with Gasteiger partial charge in [0.1, 0.15) is 0 Å². The lowest BCUT2D eigenvalue weighted by molar-refractivity contribution is 0.299. The molecule has 1 rings (SSSR count). The molecule has 0 aliphatic heterocycles. The van der Waals surface area contributed by atoms with Crippen molar-refractivity contribution in [2.24, 2.45) is 0 Å². The van der Waals surface area contributed by atoms with Gasteiger partial charge in [0.15, 0.2) is 0 Å². The van der Waals surface area contributed by atoms with Gasteiger partial charge in [-0.1, -0.05) is 24.3 Å². The zero-order chi connectivity index (χ0) is 8.10. The first-order valence-electron chi connectivity index (χ1n) is 3.66. The molecule has 0 bridgehead atoms. The molecule has 0 unspecified atom stereocenters. The van der Waals surface area contributed by atoms with E-state index in [9.17, 15) is 0 Å². The van der Waals surface area contributed by atoms with Crippen LogP contribution in [0.5, 0.6) is 0 Å². The van der Waals surface area contributed by atoms with Crippen LogP contribution in [0.2, 0.25) is 0 Å². The summed E-state index contributed by atoms with van der Waals surface area (Å²) in [5, 5.41) is 8.63. The minimum atomic E-state index is 0.222. The second-order valence-electron chi connectivity index (χ2n) is 2.45. The molecule has 0 aliphatic rings. The Kier molecular flexibility index (Phi) is 3.46. The summed E-state index contributed by atoms with van der Waals surface area (Å²) in [6.07, 6.45) is 0.743. The predicted molar refractivity (Wildman–Crippen MR) is 49.9 cm³/mol. The highest BCUT2D eigenvalue weighted by molar-refractivity contribution is 7.79. The SMILES string of the molecule is OCCc1ccc(CS)cc1. The third-order valence-corrected chi connectivity index (χ3v) is 1.97. The number of aliphatic hydroxyl groups is 1. The summed E-state index contributed by atoms with van der Waals surface area (Å²) in [6, 6.07) is 8.14. The maximum Gasteiger partial charge on any atom is 0.0471 e. The van der Waals surface area contributed by atoms with Crippen molar-refractivity contribution in [1.29, 1.82) is 0 Å². The van der Waals surface area contributed by atoms with E-state index in [1.165, 1.54) is 11.1 Å². The van der Waals surface area contributed by atoms with Crippen LogP contribution in [0.4, 0.5) is 0 Å². The number of hydrogen-bond acceptors (Lipinski definition) is 2. The summed E-state index contributed by atoms with van der Waals surface area (Å²) in [6.45, 7) is 0.222.